The van der Waals surface area contributed by atoms with E-state index in [1.165, 1.54) is 12.3 Å². The summed E-state index contributed by atoms with van der Waals surface area (Å²) in [6, 6.07) is 6.32. The Labute approximate surface area is 128 Å². The van der Waals surface area contributed by atoms with E-state index in [-0.39, 0.29) is 21.7 Å². The Balaban J connectivity index is 2.41. The molecular formula is C12H6Cl3N3O2. The second-order valence-corrected chi connectivity index (χ2v) is 4.70. The van der Waals surface area contributed by atoms with E-state index < -0.39 is 11.0 Å². The molecule has 0 aliphatic carbocycles. The van der Waals surface area contributed by atoms with Crippen molar-refractivity contribution in [1.82, 2.24) is 9.97 Å². The third-order valence-electron chi connectivity index (χ3n) is 2.32. The van der Waals surface area contributed by atoms with Crippen LogP contribution in [0, 0.1) is 0 Å². The minimum atomic E-state index is -1.08. The minimum absolute atomic E-state index is 0.00544. The van der Waals surface area contributed by atoms with E-state index in [2.05, 4.69) is 15.3 Å². The molecule has 0 aliphatic heterocycles. The third-order valence-corrected chi connectivity index (χ3v) is 2.95. The van der Waals surface area contributed by atoms with Gasteiger partial charge in [0.25, 0.3) is 5.24 Å². The van der Waals surface area contributed by atoms with Gasteiger partial charge >= 0.3 is 0 Å². The normalized spacial score (nSPS) is 10.2. The topological polar surface area (TPSA) is 72.0 Å². The van der Waals surface area contributed by atoms with Crippen molar-refractivity contribution in [3.63, 3.8) is 0 Å². The molecule has 0 bridgehead atoms. The summed E-state index contributed by atoms with van der Waals surface area (Å²) in [6.45, 7) is 0. The Hall–Kier alpha value is -1.69. The maximum Gasteiger partial charge on any atom is 0.293 e. The number of benzene rings is 1. The molecule has 1 aromatic heterocycles. The van der Waals surface area contributed by atoms with Crippen LogP contribution in [-0.2, 0) is 4.79 Å². The molecular weight excluding hydrogens is 325 g/mol. The Bertz CT molecular complexity index is 691. The zero-order chi connectivity index (χ0) is 14.7. The number of rotatable bonds is 4. The van der Waals surface area contributed by atoms with Crippen molar-refractivity contribution in [1.29, 1.82) is 0 Å². The van der Waals surface area contributed by atoms with E-state index in [4.69, 9.17) is 34.8 Å². The smallest absolute Gasteiger partial charge is 0.293 e. The number of hydrogen-bond acceptors (Lipinski definition) is 5. The largest absolute Gasteiger partial charge is 0.338 e. The molecule has 0 radical (unpaired) electrons. The molecule has 0 saturated heterocycles. The lowest BCUT2D eigenvalue weighted by molar-refractivity contribution is -0.108. The molecule has 2 rings (SSSR count). The SMILES string of the molecule is O=C(Cl)C(=O)c1ccccc1Nc1nc(Cl)ncc1Cl. The number of aromatic nitrogens is 2. The number of hydrogen-bond donors (Lipinski definition) is 1. The van der Waals surface area contributed by atoms with Gasteiger partial charge in [-0.25, -0.2) is 4.98 Å². The fourth-order valence-corrected chi connectivity index (χ4v) is 1.83. The Morgan fingerprint density at radius 3 is 2.55 bits per heavy atom. The predicted molar refractivity (Wildman–Crippen MR) is 77.0 cm³/mol. The first-order valence-electron chi connectivity index (χ1n) is 5.27. The lowest BCUT2D eigenvalue weighted by Crippen LogP contribution is -2.10. The van der Waals surface area contributed by atoms with Crippen LogP contribution in [-0.4, -0.2) is 21.0 Å². The van der Waals surface area contributed by atoms with Gasteiger partial charge in [-0.15, -0.1) is 0 Å². The number of Topliss-reactive ketones (excluding diaryl/α,β-unsaturated/α-hetero) is 1. The molecule has 0 amide bonds. The van der Waals surface area contributed by atoms with E-state index in [1.807, 2.05) is 0 Å². The van der Waals surface area contributed by atoms with Crippen LogP contribution in [0.4, 0.5) is 11.5 Å². The minimum Gasteiger partial charge on any atom is -0.338 e. The molecule has 0 saturated carbocycles. The van der Waals surface area contributed by atoms with Gasteiger partial charge in [0.05, 0.1) is 17.4 Å². The first-order valence-corrected chi connectivity index (χ1v) is 6.40. The van der Waals surface area contributed by atoms with Gasteiger partial charge in [0.2, 0.25) is 11.1 Å². The average Bonchev–Trinajstić information content (AvgIpc) is 2.42. The molecule has 1 N–H and O–H groups in total. The first kappa shape index (κ1) is 14.7. The quantitative estimate of drug-likeness (QED) is 0.402. The summed E-state index contributed by atoms with van der Waals surface area (Å²) in [5, 5.41) is 1.95. The van der Waals surface area contributed by atoms with E-state index in [0.29, 0.717) is 5.69 Å². The summed E-state index contributed by atoms with van der Waals surface area (Å²) in [5.74, 6) is -0.611. The molecule has 1 aromatic carbocycles. The predicted octanol–water partition coefficient (Wildman–Crippen LogP) is 3.48. The van der Waals surface area contributed by atoms with Crippen molar-refractivity contribution in [2.45, 2.75) is 0 Å². The number of halogens is 3. The highest BCUT2D eigenvalue weighted by Gasteiger charge is 2.18. The van der Waals surface area contributed by atoms with E-state index in [1.54, 1.807) is 18.2 Å². The second-order valence-electron chi connectivity index (χ2n) is 3.61. The molecule has 0 fully saturated rings. The molecule has 1 heterocycles. The zero-order valence-corrected chi connectivity index (χ0v) is 12.0. The summed E-state index contributed by atoms with van der Waals surface area (Å²) >= 11 is 16.8. The van der Waals surface area contributed by atoms with Gasteiger partial charge < -0.3 is 5.32 Å². The van der Waals surface area contributed by atoms with E-state index >= 15 is 0 Å². The van der Waals surface area contributed by atoms with Crippen molar-refractivity contribution in [3.05, 3.63) is 46.3 Å². The maximum absolute atomic E-state index is 11.7. The number of carbonyl (C=O) groups is 2. The van der Waals surface area contributed by atoms with Crippen LogP contribution in [0.2, 0.25) is 10.3 Å². The van der Waals surface area contributed by atoms with Gasteiger partial charge in [0.1, 0.15) is 5.02 Å². The number of carbonyl (C=O) groups excluding carboxylic acids is 2. The number of nitrogens with one attached hydrogen (secondary N) is 1. The molecule has 8 heteroatoms. The third kappa shape index (κ3) is 3.25. The number of anilines is 2. The van der Waals surface area contributed by atoms with Gasteiger partial charge in [-0.05, 0) is 35.3 Å². The van der Waals surface area contributed by atoms with Crippen molar-refractivity contribution in [2.75, 3.05) is 5.32 Å². The van der Waals surface area contributed by atoms with Crippen LogP contribution in [0.15, 0.2) is 30.5 Å². The van der Waals surface area contributed by atoms with Crippen molar-refractivity contribution < 1.29 is 9.59 Å². The van der Waals surface area contributed by atoms with Crippen molar-refractivity contribution >= 4 is 57.3 Å². The van der Waals surface area contributed by atoms with Gasteiger partial charge in [0, 0.05) is 0 Å². The van der Waals surface area contributed by atoms with Crippen LogP contribution >= 0.6 is 34.8 Å². The molecule has 20 heavy (non-hydrogen) atoms. The maximum atomic E-state index is 11.7. The summed E-state index contributed by atoms with van der Waals surface area (Å²) in [5.41, 5.74) is 0.446. The van der Waals surface area contributed by atoms with Gasteiger partial charge in [-0.3, -0.25) is 9.59 Å². The Morgan fingerprint density at radius 2 is 1.85 bits per heavy atom. The Morgan fingerprint density at radius 1 is 1.15 bits per heavy atom. The van der Waals surface area contributed by atoms with Crippen LogP contribution in [0.5, 0.6) is 0 Å². The van der Waals surface area contributed by atoms with Gasteiger partial charge in [0.15, 0.2) is 5.82 Å². The monoisotopic (exact) mass is 329 g/mol. The zero-order valence-electron chi connectivity index (χ0n) is 9.73. The fourth-order valence-electron chi connectivity index (χ4n) is 1.46. The molecule has 0 spiro atoms. The van der Waals surface area contributed by atoms with Crippen molar-refractivity contribution in [3.8, 4) is 0 Å². The summed E-state index contributed by atoms with van der Waals surface area (Å²) in [4.78, 5) is 30.3. The van der Waals surface area contributed by atoms with Crippen molar-refractivity contribution in [2.24, 2.45) is 0 Å². The highest BCUT2D eigenvalue weighted by atomic mass is 35.5. The highest BCUT2D eigenvalue weighted by molar-refractivity contribution is 6.83. The second kappa shape index (κ2) is 6.17. The first-order chi connectivity index (χ1) is 9.49. The summed E-state index contributed by atoms with van der Waals surface area (Å²) < 4.78 is 0. The van der Waals surface area contributed by atoms with Crippen LogP contribution < -0.4 is 5.32 Å². The number of nitrogens with zero attached hydrogens (tertiary/aromatic N) is 2. The highest BCUT2D eigenvalue weighted by Crippen LogP contribution is 2.26. The Kier molecular flexibility index (Phi) is 4.54. The number of ketones is 1. The fraction of sp³-hybridized carbons (Fsp3) is 0. The lowest BCUT2D eigenvalue weighted by atomic mass is 10.1. The van der Waals surface area contributed by atoms with E-state index in [9.17, 15) is 9.59 Å². The molecule has 102 valence electrons. The summed E-state index contributed by atoms with van der Waals surface area (Å²) in [6.07, 6.45) is 1.32. The molecule has 0 aliphatic rings. The molecule has 5 nitrogen and oxygen atoms in total. The van der Waals surface area contributed by atoms with Gasteiger partial charge in [-0.1, -0.05) is 23.7 Å². The standard InChI is InChI=1S/C12H6Cl3N3O2/c13-7-5-16-12(15)18-11(7)17-8-4-2-1-3-6(8)9(19)10(14)20/h1-5H,(H,16,17,18). The molecule has 2 aromatic rings. The molecule has 0 atom stereocenters. The van der Waals surface area contributed by atoms with Crippen LogP contribution in [0.1, 0.15) is 10.4 Å². The summed E-state index contributed by atoms with van der Waals surface area (Å²) in [7, 11) is 0. The van der Waals surface area contributed by atoms with Crippen LogP contribution in [0.25, 0.3) is 0 Å². The molecule has 0 unspecified atom stereocenters. The number of para-hydroxylation sites is 1. The average molecular weight is 331 g/mol. The van der Waals surface area contributed by atoms with E-state index in [0.717, 1.165) is 0 Å². The van der Waals surface area contributed by atoms with Crippen LogP contribution in [0.3, 0.4) is 0 Å². The lowest BCUT2D eigenvalue weighted by Gasteiger charge is -2.10. The van der Waals surface area contributed by atoms with Gasteiger partial charge in [-0.2, -0.15) is 4.98 Å².